The standard InChI is InChI=1S/C28H30N2O7/c1-34-17-16-29-26(31)25(30-27(32)35-19-22-8-4-2-5-9-22)18-21-12-14-24(15-13-21)37-28(33)36-20-23-10-6-3-7-11-23/h2-15,25H,16-20H2,1H3,(H,29,31)(H,30,32)/t25-/m1/s1. The summed E-state index contributed by atoms with van der Waals surface area (Å²) < 4.78 is 20.6. The minimum absolute atomic E-state index is 0.0805. The van der Waals surface area contributed by atoms with Crippen LogP contribution in [-0.2, 0) is 38.6 Å². The molecule has 0 spiro atoms. The molecule has 0 aliphatic rings. The summed E-state index contributed by atoms with van der Waals surface area (Å²) in [6.45, 7) is 0.814. The van der Waals surface area contributed by atoms with Gasteiger partial charge in [-0.2, -0.15) is 0 Å². The molecule has 194 valence electrons. The molecule has 3 aromatic carbocycles. The Labute approximate surface area is 215 Å². The number of rotatable bonds is 12. The Morgan fingerprint density at radius 3 is 1.95 bits per heavy atom. The van der Waals surface area contributed by atoms with Crippen LogP contribution in [0.15, 0.2) is 84.9 Å². The third-order valence-corrected chi connectivity index (χ3v) is 5.19. The molecule has 9 nitrogen and oxygen atoms in total. The van der Waals surface area contributed by atoms with Gasteiger partial charge in [0.05, 0.1) is 6.61 Å². The fraction of sp³-hybridized carbons (Fsp3) is 0.250. The van der Waals surface area contributed by atoms with E-state index in [1.54, 1.807) is 24.3 Å². The van der Waals surface area contributed by atoms with Crippen molar-refractivity contribution in [3.8, 4) is 5.75 Å². The molecule has 1 atom stereocenters. The van der Waals surface area contributed by atoms with Crippen molar-refractivity contribution < 1.29 is 33.3 Å². The Morgan fingerprint density at radius 2 is 1.35 bits per heavy atom. The molecular formula is C28H30N2O7. The molecule has 2 N–H and O–H groups in total. The number of benzene rings is 3. The van der Waals surface area contributed by atoms with Crippen LogP contribution in [0.3, 0.4) is 0 Å². The monoisotopic (exact) mass is 506 g/mol. The molecule has 0 aliphatic heterocycles. The van der Waals surface area contributed by atoms with E-state index in [-0.39, 0.29) is 31.3 Å². The van der Waals surface area contributed by atoms with Crippen LogP contribution in [0.5, 0.6) is 5.75 Å². The van der Waals surface area contributed by atoms with Crippen molar-refractivity contribution in [3.05, 3.63) is 102 Å². The number of methoxy groups -OCH3 is 1. The van der Waals surface area contributed by atoms with Gasteiger partial charge in [-0.15, -0.1) is 0 Å². The third kappa shape index (κ3) is 10.0. The van der Waals surface area contributed by atoms with Crippen LogP contribution in [0.1, 0.15) is 16.7 Å². The molecule has 0 bridgehead atoms. The van der Waals surface area contributed by atoms with Crippen LogP contribution < -0.4 is 15.4 Å². The number of nitrogens with one attached hydrogen (secondary N) is 2. The highest BCUT2D eigenvalue weighted by Crippen LogP contribution is 2.15. The van der Waals surface area contributed by atoms with Gasteiger partial charge in [-0.25, -0.2) is 9.59 Å². The van der Waals surface area contributed by atoms with Crippen molar-refractivity contribution in [2.45, 2.75) is 25.7 Å². The fourth-order valence-corrected chi connectivity index (χ4v) is 3.29. The van der Waals surface area contributed by atoms with Crippen LogP contribution in [0.25, 0.3) is 0 Å². The molecule has 3 aromatic rings. The quantitative estimate of drug-likeness (QED) is 0.217. The van der Waals surface area contributed by atoms with Crippen LogP contribution in [-0.4, -0.2) is 44.5 Å². The van der Waals surface area contributed by atoms with Gasteiger partial charge in [0.1, 0.15) is 25.0 Å². The molecule has 2 amide bonds. The number of alkyl carbamates (subject to hydrolysis) is 1. The van der Waals surface area contributed by atoms with Gasteiger partial charge in [-0.3, -0.25) is 4.79 Å². The topological polar surface area (TPSA) is 112 Å². The van der Waals surface area contributed by atoms with E-state index in [0.29, 0.717) is 13.2 Å². The van der Waals surface area contributed by atoms with Gasteiger partial charge >= 0.3 is 12.2 Å². The minimum atomic E-state index is -0.886. The number of carbonyl (C=O) groups is 3. The number of amides is 2. The zero-order valence-electron chi connectivity index (χ0n) is 20.6. The molecule has 0 saturated carbocycles. The molecule has 3 rings (SSSR count). The lowest BCUT2D eigenvalue weighted by atomic mass is 10.1. The highest BCUT2D eigenvalue weighted by Gasteiger charge is 2.22. The van der Waals surface area contributed by atoms with E-state index < -0.39 is 18.3 Å². The largest absolute Gasteiger partial charge is 0.514 e. The van der Waals surface area contributed by atoms with Gasteiger partial charge in [-0.1, -0.05) is 72.8 Å². The lowest BCUT2D eigenvalue weighted by Gasteiger charge is -2.18. The molecule has 0 aromatic heterocycles. The Balaban J connectivity index is 1.54. The second kappa shape index (κ2) is 14.9. The molecule has 0 unspecified atom stereocenters. The zero-order chi connectivity index (χ0) is 26.3. The Morgan fingerprint density at radius 1 is 0.757 bits per heavy atom. The second-order valence-corrected chi connectivity index (χ2v) is 8.02. The number of hydrogen-bond acceptors (Lipinski definition) is 7. The Hall–Kier alpha value is -4.37. The van der Waals surface area contributed by atoms with Crippen molar-refractivity contribution in [2.75, 3.05) is 20.3 Å². The maximum absolute atomic E-state index is 12.7. The second-order valence-electron chi connectivity index (χ2n) is 8.02. The van der Waals surface area contributed by atoms with Crippen molar-refractivity contribution in [2.24, 2.45) is 0 Å². The molecule has 0 heterocycles. The van der Waals surface area contributed by atoms with Gasteiger partial charge in [0.2, 0.25) is 5.91 Å². The van der Waals surface area contributed by atoms with Crippen LogP contribution in [0, 0.1) is 0 Å². The van der Waals surface area contributed by atoms with Crippen LogP contribution in [0.2, 0.25) is 0 Å². The molecule has 0 saturated heterocycles. The van der Waals surface area contributed by atoms with E-state index in [1.807, 2.05) is 60.7 Å². The predicted octanol–water partition coefficient (Wildman–Crippen LogP) is 4.00. The molecule has 37 heavy (non-hydrogen) atoms. The number of carbonyl (C=O) groups excluding carboxylic acids is 3. The normalized spacial score (nSPS) is 11.2. The van der Waals surface area contributed by atoms with E-state index in [1.165, 1.54) is 7.11 Å². The van der Waals surface area contributed by atoms with Crippen LogP contribution >= 0.6 is 0 Å². The summed E-state index contributed by atoms with van der Waals surface area (Å²) >= 11 is 0. The zero-order valence-corrected chi connectivity index (χ0v) is 20.6. The van der Waals surface area contributed by atoms with Crippen molar-refractivity contribution >= 4 is 18.2 Å². The van der Waals surface area contributed by atoms with Crippen molar-refractivity contribution in [3.63, 3.8) is 0 Å². The first-order chi connectivity index (χ1) is 18.0. The number of ether oxygens (including phenoxy) is 4. The maximum Gasteiger partial charge on any atom is 0.514 e. The highest BCUT2D eigenvalue weighted by molar-refractivity contribution is 5.85. The summed E-state index contributed by atoms with van der Waals surface area (Å²) in [6.07, 6.45) is -1.34. The van der Waals surface area contributed by atoms with Gasteiger partial charge in [-0.05, 0) is 28.8 Å². The minimum Gasteiger partial charge on any atom is -0.445 e. The first-order valence-electron chi connectivity index (χ1n) is 11.7. The summed E-state index contributed by atoms with van der Waals surface area (Å²) in [5.74, 6) is -0.0864. The van der Waals surface area contributed by atoms with Gasteiger partial charge in [0.15, 0.2) is 0 Å². The average Bonchev–Trinajstić information content (AvgIpc) is 2.92. The third-order valence-electron chi connectivity index (χ3n) is 5.19. The first-order valence-corrected chi connectivity index (χ1v) is 11.7. The summed E-state index contributed by atoms with van der Waals surface area (Å²) in [4.78, 5) is 37.1. The van der Waals surface area contributed by atoms with Gasteiger partial charge in [0, 0.05) is 20.1 Å². The predicted molar refractivity (Wildman–Crippen MR) is 136 cm³/mol. The van der Waals surface area contributed by atoms with Gasteiger partial charge in [0.25, 0.3) is 0 Å². The summed E-state index contributed by atoms with van der Waals surface area (Å²) in [6, 6.07) is 24.2. The lowest BCUT2D eigenvalue weighted by molar-refractivity contribution is -0.123. The highest BCUT2D eigenvalue weighted by atomic mass is 16.7. The summed E-state index contributed by atoms with van der Waals surface area (Å²) in [7, 11) is 1.53. The fourth-order valence-electron chi connectivity index (χ4n) is 3.29. The van der Waals surface area contributed by atoms with Gasteiger partial charge < -0.3 is 29.6 Å². The molecule has 0 radical (unpaired) electrons. The summed E-state index contributed by atoms with van der Waals surface area (Å²) in [5.41, 5.74) is 2.41. The van der Waals surface area contributed by atoms with E-state index >= 15 is 0 Å². The van der Waals surface area contributed by atoms with E-state index in [4.69, 9.17) is 18.9 Å². The Kier molecular flexibility index (Phi) is 11.0. The molecule has 9 heteroatoms. The van der Waals surface area contributed by atoms with Crippen molar-refractivity contribution in [1.29, 1.82) is 0 Å². The maximum atomic E-state index is 12.7. The summed E-state index contributed by atoms with van der Waals surface area (Å²) in [5, 5.41) is 5.35. The van der Waals surface area contributed by atoms with E-state index in [9.17, 15) is 14.4 Å². The van der Waals surface area contributed by atoms with Crippen LogP contribution in [0.4, 0.5) is 9.59 Å². The van der Waals surface area contributed by atoms with Crippen molar-refractivity contribution in [1.82, 2.24) is 10.6 Å². The van der Waals surface area contributed by atoms with E-state index in [0.717, 1.165) is 16.7 Å². The number of hydrogen-bond donors (Lipinski definition) is 2. The average molecular weight is 507 g/mol. The SMILES string of the molecule is COCCNC(=O)[C@@H](Cc1ccc(OC(=O)OCc2ccccc2)cc1)NC(=O)OCc1ccccc1. The molecule has 0 fully saturated rings. The lowest BCUT2D eigenvalue weighted by Crippen LogP contribution is -2.48. The smallest absolute Gasteiger partial charge is 0.445 e. The first kappa shape index (κ1) is 27.2. The molecule has 0 aliphatic carbocycles. The molecular weight excluding hydrogens is 476 g/mol. The Bertz CT molecular complexity index is 1120. The van der Waals surface area contributed by atoms with E-state index in [2.05, 4.69) is 10.6 Å².